The number of ether oxygens (including phenoxy) is 1. The lowest BCUT2D eigenvalue weighted by Crippen LogP contribution is -2.36. The van der Waals surface area contributed by atoms with Crippen molar-refractivity contribution in [2.45, 2.75) is 45.8 Å². The quantitative estimate of drug-likeness (QED) is 0.775. The fourth-order valence-corrected chi connectivity index (χ4v) is 1.80. The Kier molecular flexibility index (Phi) is 5.56. The second kappa shape index (κ2) is 5.73. The van der Waals surface area contributed by atoms with Crippen molar-refractivity contribution in [3.05, 3.63) is 0 Å². The summed E-state index contributed by atoms with van der Waals surface area (Å²) in [5.74, 6) is 0.414. The molecule has 0 unspecified atom stereocenters. The number of nitrogens with two attached hydrogens (primary N) is 1. The van der Waals surface area contributed by atoms with Gasteiger partial charge in [0.25, 0.3) is 0 Å². The average molecular weight is 251 g/mol. The Bertz CT molecular complexity index is 241. The maximum absolute atomic E-state index is 11.7. The lowest BCUT2D eigenvalue weighted by atomic mass is 10.0. The van der Waals surface area contributed by atoms with Gasteiger partial charge in [-0.3, -0.25) is 0 Å². The van der Waals surface area contributed by atoms with Gasteiger partial charge in [0.15, 0.2) is 0 Å². The topological polar surface area (TPSA) is 55.6 Å². The number of amides is 1. The van der Waals surface area contributed by atoms with E-state index in [-0.39, 0.29) is 24.5 Å². The van der Waals surface area contributed by atoms with Gasteiger partial charge in [0.1, 0.15) is 5.60 Å². The lowest BCUT2D eigenvalue weighted by Gasteiger charge is -2.24. The minimum atomic E-state index is -0.425. The van der Waals surface area contributed by atoms with Gasteiger partial charge in [-0.05, 0) is 26.7 Å². The molecule has 5 heteroatoms. The van der Waals surface area contributed by atoms with Crippen LogP contribution in [0.25, 0.3) is 0 Å². The minimum Gasteiger partial charge on any atom is -0.444 e. The van der Waals surface area contributed by atoms with Crippen LogP contribution in [-0.4, -0.2) is 35.7 Å². The second-order valence-corrected chi connectivity index (χ2v) is 5.22. The van der Waals surface area contributed by atoms with Crippen LogP contribution in [0.3, 0.4) is 0 Å². The van der Waals surface area contributed by atoms with Crippen LogP contribution in [0.2, 0.25) is 0 Å². The van der Waals surface area contributed by atoms with Crippen LogP contribution in [0.1, 0.15) is 34.1 Å². The van der Waals surface area contributed by atoms with E-state index < -0.39 is 5.60 Å². The van der Waals surface area contributed by atoms with Crippen LogP contribution >= 0.6 is 12.4 Å². The molecule has 0 radical (unpaired) electrons. The molecule has 16 heavy (non-hydrogen) atoms. The summed E-state index contributed by atoms with van der Waals surface area (Å²) >= 11 is 0. The maximum Gasteiger partial charge on any atom is 0.410 e. The first-order valence-corrected chi connectivity index (χ1v) is 5.57. The highest BCUT2D eigenvalue weighted by molar-refractivity contribution is 5.85. The Balaban J connectivity index is 0.00000225. The van der Waals surface area contributed by atoms with Crippen molar-refractivity contribution < 1.29 is 9.53 Å². The third-order valence-corrected chi connectivity index (χ3v) is 2.67. The molecule has 1 saturated heterocycles. The van der Waals surface area contributed by atoms with Crippen molar-refractivity contribution in [2.75, 3.05) is 13.1 Å². The van der Waals surface area contributed by atoms with E-state index in [1.807, 2.05) is 20.8 Å². The normalized spacial score (nSPS) is 25.2. The van der Waals surface area contributed by atoms with E-state index >= 15 is 0 Å². The number of hydrogen-bond acceptors (Lipinski definition) is 3. The average Bonchev–Trinajstić information content (AvgIpc) is 2.43. The van der Waals surface area contributed by atoms with Crippen molar-refractivity contribution in [3.8, 4) is 0 Å². The molecule has 2 atom stereocenters. The van der Waals surface area contributed by atoms with Crippen LogP contribution in [0.4, 0.5) is 4.79 Å². The van der Waals surface area contributed by atoms with Crippen LogP contribution < -0.4 is 5.73 Å². The first-order chi connectivity index (χ1) is 6.83. The molecule has 2 N–H and O–H groups in total. The maximum atomic E-state index is 11.7. The smallest absolute Gasteiger partial charge is 0.410 e. The van der Waals surface area contributed by atoms with Crippen molar-refractivity contribution in [1.29, 1.82) is 0 Å². The van der Waals surface area contributed by atoms with Crippen LogP contribution in [0, 0.1) is 5.92 Å². The molecule has 0 saturated carbocycles. The van der Waals surface area contributed by atoms with Gasteiger partial charge in [0, 0.05) is 19.1 Å². The predicted molar refractivity (Wildman–Crippen MR) is 66.8 cm³/mol. The molecule has 1 fully saturated rings. The summed E-state index contributed by atoms with van der Waals surface area (Å²) in [7, 11) is 0. The minimum absolute atomic E-state index is 0. The summed E-state index contributed by atoms with van der Waals surface area (Å²) in [6.45, 7) is 9.07. The molecule has 0 bridgehead atoms. The van der Waals surface area contributed by atoms with Crippen LogP contribution in [-0.2, 0) is 4.74 Å². The number of rotatable bonds is 1. The summed E-state index contributed by atoms with van der Waals surface area (Å²) in [5, 5.41) is 0. The fraction of sp³-hybridized carbons (Fsp3) is 0.909. The number of hydrogen-bond donors (Lipinski definition) is 1. The zero-order valence-corrected chi connectivity index (χ0v) is 11.3. The Morgan fingerprint density at radius 3 is 2.38 bits per heavy atom. The summed E-state index contributed by atoms with van der Waals surface area (Å²) in [6.07, 6.45) is 0.773. The van der Waals surface area contributed by atoms with Gasteiger partial charge in [0.2, 0.25) is 0 Å². The third kappa shape index (κ3) is 4.18. The zero-order valence-electron chi connectivity index (χ0n) is 10.5. The van der Waals surface area contributed by atoms with E-state index in [9.17, 15) is 4.79 Å². The molecule has 0 aromatic rings. The Morgan fingerprint density at radius 1 is 1.44 bits per heavy atom. The Labute approximate surface area is 104 Å². The summed E-state index contributed by atoms with van der Waals surface area (Å²) in [5.41, 5.74) is 5.51. The van der Waals surface area contributed by atoms with Crippen LogP contribution in [0.15, 0.2) is 0 Å². The molecule has 0 spiro atoms. The van der Waals surface area contributed by atoms with Gasteiger partial charge in [-0.15, -0.1) is 12.4 Å². The molecule has 1 aliphatic rings. The van der Waals surface area contributed by atoms with Gasteiger partial charge >= 0.3 is 6.09 Å². The largest absolute Gasteiger partial charge is 0.444 e. The highest BCUT2D eigenvalue weighted by Gasteiger charge is 2.33. The van der Waals surface area contributed by atoms with Crippen molar-refractivity contribution in [3.63, 3.8) is 0 Å². The molecule has 4 nitrogen and oxygen atoms in total. The van der Waals surface area contributed by atoms with E-state index in [0.29, 0.717) is 12.5 Å². The molecule has 0 aromatic carbocycles. The molecule has 1 heterocycles. The van der Waals surface area contributed by atoms with Gasteiger partial charge in [-0.1, -0.05) is 13.3 Å². The fourth-order valence-electron chi connectivity index (χ4n) is 1.80. The first-order valence-electron chi connectivity index (χ1n) is 5.57. The second-order valence-electron chi connectivity index (χ2n) is 5.22. The molecule has 1 aliphatic heterocycles. The summed E-state index contributed by atoms with van der Waals surface area (Å²) in [6, 6.07) is 0.0996. The number of carbonyl (C=O) groups is 1. The Hall–Kier alpha value is -0.480. The SMILES string of the molecule is CC[C@H]1CN(C(=O)OC(C)(C)C)C[C@@H]1N.Cl. The molecule has 1 rings (SSSR count). The van der Waals surface area contributed by atoms with Gasteiger partial charge < -0.3 is 15.4 Å². The van der Waals surface area contributed by atoms with E-state index in [4.69, 9.17) is 10.5 Å². The van der Waals surface area contributed by atoms with Crippen molar-refractivity contribution in [1.82, 2.24) is 4.90 Å². The number of halogens is 1. The van der Waals surface area contributed by atoms with Gasteiger partial charge in [-0.25, -0.2) is 4.79 Å². The number of nitrogens with zero attached hydrogens (tertiary/aromatic N) is 1. The highest BCUT2D eigenvalue weighted by atomic mass is 35.5. The summed E-state index contributed by atoms with van der Waals surface area (Å²) in [4.78, 5) is 13.4. The standard InChI is InChI=1S/C11H22N2O2.ClH/c1-5-8-6-13(7-9(8)12)10(14)15-11(2,3)4;/h8-9H,5-7,12H2,1-4H3;1H/t8-,9-;/m0./s1. The monoisotopic (exact) mass is 250 g/mol. The van der Waals surface area contributed by atoms with Crippen LogP contribution in [0.5, 0.6) is 0 Å². The number of carbonyl (C=O) groups excluding carboxylic acids is 1. The molecule has 96 valence electrons. The molecule has 0 aliphatic carbocycles. The van der Waals surface area contributed by atoms with Gasteiger partial charge in [0.05, 0.1) is 0 Å². The highest BCUT2D eigenvalue weighted by Crippen LogP contribution is 2.20. The number of likely N-dealkylation sites (tertiary alicyclic amines) is 1. The van der Waals surface area contributed by atoms with Crippen molar-refractivity contribution >= 4 is 18.5 Å². The van der Waals surface area contributed by atoms with Gasteiger partial charge in [-0.2, -0.15) is 0 Å². The first kappa shape index (κ1) is 15.5. The van der Waals surface area contributed by atoms with E-state index in [2.05, 4.69) is 6.92 Å². The molecular formula is C11H23ClN2O2. The molecular weight excluding hydrogens is 228 g/mol. The Morgan fingerprint density at radius 2 is 2.00 bits per heavy atom. The zero-order chi connectivity index (χ0) is 11.6. The molecule has 0 aromatic heterocycles. The molecule has 1 amide bonds. The van der Waals surface area contributed by atoms with E-state index in [0.717, 1.165) is 13.0 Å². The predicted octanol–water partition coefficient (Wildman–Crippen LogP) is 2.01. The third-order valence-electron chi connectivity index (χ3n) is 2.67. The summed E-state index contributed by atoms with van der Waals surface area (Å²) < 4.78 is 5.29. The lowest BCUT2D eigenvalue weighted by molar-refractivity contribution is 0.0286. The van der Waals surface area contributed by atoms with Crippen molar-refractivity contribution in [2.24, 2.45) is 11.7 Å². The van der Waals surface area contributed by atoms with E-state index in [1.54, 1.807) is 4.90 Å². The van der Waals surface area contributed by atoms with E-state index in [1.165, 1.54) is 0 Å².